The molecule has 1 aromatic rings. The fraction of sp³-hybridized carbons (Fsp3) is 0.375. The predicted molar refractivity (Wildman–Crippen MR) is 39.1 cm³/mol. The number of hydrogen-bond acceptors (Lipinski definition) is 2. The second-order valence-corrected chi connectivity index (χ2v) is 2.19. The van der Waals surface area contributed by atoms with E-state index in [2.05, 4.69) is 0 Å². The second-order valence-electron chi connectivity index (χ2n) is 2.19. The molecule has 0 atom stereocenters. The lowest BCUT2D eigenvalue weighted by molar-refractivity contribution is 0.491. The molecule has 1 aromatic heterocycles. The maximum atomic E-state index is 10.9. The van der Waals surface area contributed by atoms with E-state index >= 15 is 0 Å². The van der Waals surface area contributed by atoms with Crippen molar-refractivity contribution < 1.29 is 4.42 Å². The number of rotatable bonds is 1. The lowest BCUT2D eigenvalue weighted by Gasteiger charge is -1.96. The maximum absolute atomic E-state index is 10.9. The average molecular weight is 138 g/mol. The molecule has 0 aromatic carbocycles. The summed E-state index contributed by atoms with van der Waals surface area (Å²) in [5.41, 5.74) is 0.785. The van der Waals surface area contributed by atoms with E-state index in [4.69, 9.17) is 4.42 Å². The molecule has 0 spiro atoms. The molecule has 2 heteroatoms. The summed E-state index contributed by atoms with van der Waals surface area (Å²) in [6.45, 7) is 3.75. The summed E-state index contributed by atoms with van der Waals surface area (Å²) in [6, 6.07) is 1.44. The predicted octanol–water partition coefficient (Wildman–Crippen LogP) is 1.51. The fourth-order valence-corrected chi connectivity index (χ4v) is 0.877. The Hall–Kier alpha value is -1.05. The zero-order valence-corrected chi connectivity index (χ0v) is 6.18. The van der Waals surface area contributed by atoms with Crippen molar-refractivity contribution in [2.24, 2.45) is 0 Å². The highest BCUT2D eigenvalue weighted by molar-refractivity contribution is 5.14. The highest BCUT2D eigenvalue weighted by Crippen LogP contribution is 2.01. The molecule has 0 aliphatic heterocycles. The molecule has 2 nitrogen and oxygen atoms in total. The van der Waals surface area contributed by atoms with Crippen molar-refractivity contribution in [1.82, 2.24) is 0 Å². The lowest BCUT2D eigenvalue weighted by atomic mass is 10.2. The van der Waals surface area contributed by atoms with Gasteiger partial charge in [-0.2, -0.15) is 0 Å². The fourth-order valence-electron chi connectivity index (χ4n) is 0.877. The van der Waals surface area contributed by atoms with Gasteiger partial charge in [0.05, 0.1) is 6.26 Å². The molecule has 0 saturated heterocycles. The summed E-state index contributed by atoms with van der Waals surface area (Å²) in [5, 5.41) is 0. The van der Waals surface area contributed by atoms with E-state index in [0.717, 1.165) is 17.7 Å². The van der Waals surface area contributed by atoms with Crippen LogP contribution in [0.4, 0.5) is 0 Å². The standard InChI is InChI=1S/C8H10O2/c1-3-8-6(2)7(9)4-5-10-8/h4-5H,3H2,1-2H3. The lowest BCUT2D eigenvalue weighted by Crippen LogP contribution is -2.05. The van der Waals surface area contributed by atoms with Crippen LogP contribution in [-0.2, 0) is 6.42 Å². The van der Waals surface area contributed by atoms with Crippen LogP contribution in [0, 0.1) is 6.92 Å². The van der Waals surface area contributed by atoms with E-state index in [0.29, 0.717) is 0 Å². The Kier molecular flexibility index (Phi) is 1.90. The first-order valence-corrected chi connectivity index (χ1v) is 3.33. The van der Waals surface area contributed by atoms with Crippen LogP contribution >= 0.6 is 0 Å². The first-order chi connectivity index (χ1) is 4.75. The summed E-state index contributed by atoms with van der Waals surface area (Å²) in [7, 11) is 0. The van der Waals surface area contributed by atoms with Crippen LogP contribution in [0.25, 0.3) is 0 Å². The summed E-state index contributed by atoms with van der Waals surface area (Å²) >= 11 is 0. The van der Waals surface area contributed by atoms with Gasteiger partial charge in [0.25, 0.3) is 0 Å². The molecule has 0 N–H and O–H groups in total. The minimum Gasteiger partial charge on any atom is -0.469 e. The molecule has 0 amide bonds. The van der Waals surface area contributed by atoms with Crippen LogP contribution in [0.5, 0.6) is 0 Å². The van der Waals surface area contributed by atoms with Gasteiger partial charge >= 0.3 is 0 Å². The Morgan fingerprint density at radius 3 is 2.80 bits per heavy atom. The van der Waals surface area contributed by atoms with Crippen LogP contribution < -0.4 is 5.43 Å². The van der Waals surface area contributed by atoms with Gasteiger partial charge < -0.3 is 4.42 Å². The van der Waals surface area contributed by atoms with Gasteiger partial charge in [0.2, 0.25) is 0 Å². The van der Waals surface area contributed by atoms with E-state index in [-0.39, 0.29) is 5.43 Å². The van der Waals surface area contributed by atoms with Gasteiger partial charge in [-0.1, -0.05) is 6.92 Å². The highest BCUT2D eigenvalue weighted by atomic mass is 16.3. The molecule has 0 saturated carbocycles. The monoisotopic (exact) mass is 138 g/mol. The maximum Gasteiger partial charge on any atom is 0.187 e. The molecule has 0 bridgehead atoms. The zero-order chi connectivity index (χ0) is 7.56. The molecule has 1 rings (SSSR count). The van der Waals surface area contributed by atoms with Crippen molar-refractivity contribution in [1.29, 1.82) is 0 Å². The SMILES string of the molecule is CCc1occc(=O)c1C. The molecule has 0 fully saturated rings. The first-order valence-electron chi connectivity index (χ1n) is 3.33. The van der Waals surface area contributed by atoms with Gasteiger partial charge in [-0.25, -0.2) is 0 Å². The Labute approximate surface area is 59.5 Å². The smallest absolute Gasteiger partial charge is 0.187 e. The van der Waals surface area contributed by atoms with Crippen molar-refractivity contribution in [3.05, 3.63) is 33.9 Å². The van der Waals surface area contributed by atoms with Crippen molar-refractivity contribution in [3.63, 3.8) is 0 Å². The van der Waals surface area contributed by atoms with Gasteiger partial charge in [-0.05, 0) is 6.92 Å². The first kappa shape index (κ1) is 7.06. The molecule has 1 heterocycles. The molecule has 0 aliphatic carbocycles. The second kappa shape index (κ2) is 2.69. The molecular weight excluding hydrogens is 128 g/mol. The Morgan fingerprint density at radius 1 is 1.60 bits per heavy atom. The Balaban J connectivity index is 3.28. The minimum absolute atomic E-state index is 0.0584. The number of aryl methyl sites for hydroxylation is 1. The summed E-state index contributed by atoms with van der Waals surface area (Å²) in [6.07, 6.45) is 2.22. The van der Waals surface area contributed by atoms with Crippen LogP contribution in [0.2, 0.25) is 0 Å². The molecule has 10 heavy (non-hydrogen) atoms. The topological polar surface area (TPSA) is 30.2 Å². The molecule has 54 valence electrons. The van der Waals surface area contributed by atoms with Gasteiger partial charge in [-0.3, -0.25) is 4.79 Å². The average Bonchev–Trinajstić information content (AvgIpc) is 1.95. The van der Waals surface area contributed by atoms with Gasteiger partial charge in [0, 0.05) is 18.1 Å². The van der Waals surface area contributed by atoms with Gasteiger partial charge in [0.1, 0.15) is 5.76 Å². The largest absolute Gasteiger partial charge is 0.469 e. The van der Waals surface area contributed by atoms with Crippen molar-refractivity contribution >= 4 is 0 Å². The summed E-state index contributed by atoms with van der Waals surface area (Å²) < 4.78 is 5.09. The third-order valence-corrected chi connectivity index (χ3v) is 1.54. The third kappa shape index (κ3) is 1.10. The third-order valence-electron chi connectivity index (χ3n) is 1.54. The molecule has 0 aliphatic rings. The van der Waals surface area contributed by atoms with Crippen molar-refractivity contribution in [3.8, 4) is 0 Å². The van der Waals surface area contributed by atoms with Crippen LogP contribution in [0.15, 0.2) is 21.5 Å². The van der Waals surface area contributed by atoms with E-state index in [9.17, 15) is 4.79 Å². The molecule has 0 radical (unpaired) electrons. The summed E-state index contributed by atoms with van der Waals surface area (Å²) in [5.74, 6) is 0.785. The Morgan fingerprint density at radius 2 is 2.30 bits per heavy atom. The van der Waals surface area contributed by atoms with Gasteiger partial charge in [-0.15, -0.1) is 0 Å². The zero-order valence-electron chi connectivity index (χ0n) is 6.18. The normalized spacial score (nSPS) is 9.80. The quantitative estimate of drug-likeness (QED) is 0.588. The van der Waals surface area contributed by atoms with Crippen LogP contribution in [-0.4, -0.2) is 0 Å². The van der Waals surface area contributed by atoms with E-state index in [1.807, 2.05) is 6.92 Å². The van der Waals surface area contributed by atoms with Crippen molar-refractivity contribution in [2.45, 2.75) is 20.3 Å². The van der Waals surface area contributed by atoms with E-state index in [1.54, 1.807) is 6.92 Å². The van der Waals surface area contributed by atoms with E-state index in [1.165, 1.54) is 12.3 Å². The highest BCUT2D eigenvalue weighted by Gasteiger charge is 1.99. The summed E-state index contributed by atoms with van der Waals surface area (Å²) in [4.78, 5) is 10.9. The molecular formula is C8H10O2. The van der Waals surface area contributed by atoms with Crippen molar-refractivity contribution in [2.75, 3.05) is 0 Å². The van der Waals surface area contributed by atoms with Gasteiger partial charge in [0.15, 0.2) is 5.43 Å². The number of hydrogen-bond donors (Lipinski definition) is 0. The Bertz CT molecular complexity index is 273. The minimum atomic E-state index is 0.0584. The van der Waals surface area contributed by atoms with E-state index < -0.39 is 0 Å². The van der Waals surface area contributed by atoms with Crippen LogP contribution in [0.1, 0.15) is 18.2 Å². The van der Waals surface area contributed by atoms with Crippen LogP contribution in [0.3, 0.4) is 0 Å². The molecule has 0 unspecified atom stereocenters.